The average Bonchev–Trinajstić information content (AvgIpc) is 2.29. The zero-order valence-electron chi connectivity index (χ0n) is 9.87. The number of aromatic nitrogens is 2. The van der Waals surface area contributed by atoms with Crippen LogP contribution in [0.1, 0.15) is 5.56 Å². The molecular weight excluding hydrogens is 295 g/mol. The summed E-state index contributed by atoms with van der Waals surface area (Å²) in [6, 6.07) is 4.30. The topological polar surface area (TPSA) is 89.8 Å². The van der Waals surface area contributed by atoms with Gasteiger partial charge in [0.2, 0.25) is 5.95 Å². The molecule has 1 heterocycles. The van der Waals surface area contributed by atoms with E-state index in [0.717, 1.165) is 12.1 Å². The Bertz CT molecular complexity index is 624. The number of nitrogen functional groups attached to an aromatic ring is 2. The van der Waals surface area contributed by atoms with Gasteiger partial charge in [0.25, 0.3) is 0 Å². The molecule has 0 saturated carbocycles. The van der Waals surface area contributed by atoms with E-state index in [1.165, 1.54) is 12.1 Å². The molecule has 5 nitrogen and oxygen atoms in total. The van der Waals surface area contributed by atoms with Gasteiger partial charge in [-0.25, -0.2) is 0 Å². The molecule has 5 N–H and O–H groups in total. The van der Waals surface area contributed by atoms with Crippen molar-refractivity contribution in [2.45, 2.75) is 6.18 Å². The highest BCUT2D eigenvalue weighted by molar-refractivity contribution is 6.33. The number of nitrogens with one attached hydrogen (secondary N) is 1. The molecular formula is C11H9ClF3N5. The molecule has 0 amide bonds. The van der Waals surface area contributed by atoms with Crippen molar-refractivity contribution in [3.8, 4) is 0 Å². The lowest BCUT2D eigenvalue weighted by atomic mass is 10.2. The van der Waals surface area contributed by atoms with Crippen LogP contribution in [0.25, 0.3) is 0 Å². The Hall–Kier alpha value is -2.22. The van der Waals surface area contributed by atoms with Crippen molar-refractivity contribution >= 4 is 34.9 Å². The first-order chi connectivity index (χ1) is 9.25. The maximum absolute atomic E-state index is 12.5. The Kier molecular flexibility index (Phi) is 3.58. The van der Waals surface area contributed by atoms with Crippen LogP contribution in [0.5, 0.6) is 0 Å². The summed E-state index contributed by atoms with van der Waals surface area (Å²) in [5.41, 5.74) is 10.3. The van der Waals surface area contributed by atoms with Gasteiger partial charge in [0.05, 0.1) is 16.3 Å². The molecule has 2 rings (SSSR count). The molecule has 1 aromatic carbocycles. The van der Waals surface area contributed by atoms with E-state index in [0.29, 0.717) is 0 Å². The molecule has 0 bridgehead atoms. The zero-order chi connectivity index (χ0) is 14.9. The zero-order valence-corrected chi connectivity index (χ0v) is 10.6. The lowest BCUT2D eigenvalue weighted by molar-refractivity contribution is -0.137. The third-order valence-electron chi connectivity index (χ3n) is 2.32. The summed E-state index contributed by atoms with van der Waals surface area (Å²) in [6.45, 7) is 0. The van der Waals surface area contributed by atoms with Crippen molar-refractivity contribution in [1.82, 2.24) is 9.97 Å². The van der Waals surface area contributed by atoms with Gasteiger partial charge in [0.1, 0.15) is 11.6 Å². The molecule has 9 heteroatoms. The van der Waals surface area contributed by atoms with Gasteiger partial charge < -0.3 is 16.8 Å². The van der Waals surface area contributed by atoms with Gasteiger partial charge in [-0.15, -0.1) is 0 Å². The highest BCUT2D eigenvalue weighted by Crippen LogP contribution is 2.34. The summed E-state index contributed by atoms with van der Waals surface area (Å²) in [4.78, 5) is 7.50. The first-order valence-electron chi connectivity index (χ1n) is 5.29. The smallest absolute Gasteiger partial charge is 0.383 e. The van der Waals surface area contributed by atoms with Crippen LogP contribution in [0, 0.1) is 0 Å². The number of halogens is 4. The number of hydrogen-bond acceptors (Lipinski definition) is 5. The summed E-state index contributed by atoms with van der Waals surface area (Å²) in [5, 5.41) is 2.62. The van der Waals surface area contributed by atoms with Gasteiger partial charge >= 0.3 is 6.18 Å². The Balaban J connectivity index is 2.30. The monoisotopic (exact) mass is 303 g/mol. The minimum Gasteiger partial charge on any atom is -0.383 e. The predicted molar refractivity (Wildman–Crippen MR) is 70.6 cm³/mol. The Morgan fingerprint density at radius 1 is 1.10 bits per heavy atom. The van der Waals surface area contributed by atoms with E-state index >= 15 is 0 Å². The number of hydrogen-bond donors (Lipinski definition) is 3. The third-order valence-corrected chi connectivity index (χ3v) is 2.64. The van der Waals surface area contributed by atoms with E-state index in [9.17, 15) is 13.2 Å². The maximum Gasteiger partial charge on any atom is 0.416 e. The molecule has 0 atom stereocenters. The molecule has 0 aliphatic rings. The maximum atomic E-state index is 12.5. The first kappa shape index (κ1) is 14.2. The van der Waals surface area contributed by atoms with E-state index in [2.05, 4.69) is 15.3 Å². The fourth-order valence-corrected chi connectivity index (χ4v) is 1.71. The summed E-state index contributed by atoms with van der Waals surface area (Å²) >= 11 is 5.80. The van der Waals surface area contributed by atoms with Gasteiger partial charge in [-0.3, -0.25) is 0 Å². The Morgan fingerprint density at radius 2 is 1.80 bits per heavy atom. The molecule has 0 unspecified atom stereocenters. The van der Waals surface area contributed by atoms with E-state index in [1.807, 2.05) is 0 Å². The molecule has 0 spiro atoms. The van der Waals surface area contributed by atoms with Gasteiger partial charge in [0, 0.05) is 6.07 Å². The van der Waals surface area contributed by atoms with Crippen LogP contribution in [0.2, 0.25) is 5.02 Å². The average molecular weight is 304 g/mol. The van der Waals surface area contributed by atoms with Crippen LogP contribution in [-0.2, 0) is 6.18 Å². The number of rotatable bonds is 2. The fraction of sp³-hybridized carbons (Fsp3) is 0.0909. The van der Waals surface area contributed by atoms with Crippen LogP contribution in [0.4, 0.5) is 36.4 Å². The van der Waals surface area contributed by atoms with Crippen molar-refractivity contribution in [3.63, 3.8) is 0 Å². The van der Waals surface area contributed by atoms with Gasteiger partial charge in [-0.05, 0) is 18.2 Å². The van der Waals surface area contributed by atoms with Crippen molar-refractivity contribution in [1.29, 1.82) is 0 Å². The molecule has 106 valence electrons. The lowest BCUT2D eigenvalue weighted by Crippen LogP contribution is -2.06. The Morgan fingerprint density at radius 3 is 2.35 bits per heavy atom. The number of nitrogens with two attached hydrogens (primary N) is 2. The van der Waals surface area contributed by atoms with Crippen LogP contribution in [-0.4, -0.2) is 9.97 Å². The van der Waals surface area contributed by atoms with Crippen LogP contribution >= 0.6 is 11.6 Å². The quantitative estimate of drug-likeness (QED) is 0.793. The standard InChI is InChI=1S/C11H9ClF3N5/c12-6-3-5(11(13,14)15)1-2-7(6)18-9-4-8(16)19-10(17)20-9/h1-4H,(H5,16,17,18,19,20). The summed E-state index contributed by atoms with van der Waals surface area (Å²) in [7, 11) is 0. The van der Waals surface area contributed by atoms with Crippen LogP contribution in [0.15, 0.2) is 24.3 Å². The van der Waals surface area contributed by atoms with Gasteiger partial charge in [-0.1, -0.05) is 11.6 Å². The molecule has 20 heavy (non-hydrogen) atoms. The van der Waals surface area contributed by atoms with E-state index < -0.39 is 11.7 Å². The number of benzene rings is 1. The molecule has 0 aliphatic carbocycles. The van der Waals surface area contributed by atoms with E-state index in [1.54, 1.807) is 0 Å². The van der Waals surface area contributed by atoms with Crippen molar-refractivity contribution in [2.75, 3.05) is 16.8 Å². The van der Waals surface area contributed by atoms with E-state index in [4.69, 9.17) is 23.1 Å². The first-order valence-corrected chi connectivity index (χ1v) is 5.67. The molecule has 0 radical (unpaired) electrons. The lowest BCUT2D eigenvalue weighted by Gasteiger charge is -2.11. The fourth-order valence-electron chi connectivity index (χ4n) is 1.48. The SMILES string of the molecule is Nc1cc(Nc2ccc(C(F)(F)F)cc2Cl)nc(N)n1. The molecule has 0 aliphatic heterocycles. The van der Waals surface area contributed by atoms with Crippen LogP contribution in [0.3, 0.4) is 0 Å². The van der Waals surface area contributed by atoms with Crippen molar-refractivity contribution < 1.29 is 13.2 Å². The predicted octanol–water partition coefficient (Wildman–Crippen LogP) is 3.06. The summed E-state index contributed by atoms with van der Waals surface area (Å²) in [6.07, 6.45) is -4.45. The summed E-state index contributed by atoms with van der Waals surface area (Å²) < 4.78 is 37.5. The van der Waals surface area contributed by atoms with E-state index in [-0.39, 0.29) is 28.3 Å². The normalized spacial score (nSPS) is 11.4. The van der Waals surface area contributed by atoms with Gasteiger partial charge in [0.15, 0.2) is 0 Å². The summed E-state index contributed by atoms with van der Waals surface area (Å²) in [5.74, 6) is 0.301. The largest absolute Gasteiger partial charge is 0.416 e. The third kappa shape index (κ3) is 3.21. The second kappa shape index (κ2) is 5.04. The number of alkyl halides is 3. The molecule has 2 aromatic rings. The van der Waals surface area contributed by atoms with Gasteiger partial charge in [-0.2, -0.15) is 23.1 Å². The minimum absolute atomic E-state index is 0.0597. The second-order valence-electron chi connectivity index (χ2n) is 3.85. The minimum atomic E-state index is -4.45. The van der Waals surface area contributed by atoms with Crippen LogP contribution < -0.4 is 16.8 Å². The molecule has 0 saturated heterocycles. The molecule has 0 fully saturated rings. The van der Waals surface area contributed by atoms with Crippen molar-refractivity contribution in [2.24, 2.45) is 0 Å². The molecule has 1 aromatic heterocycles. The number of nitrogens with zero attached hydrogens (tertiary/aromatic N) is 2. The Labute approximate surface area is 116 Å². The highest BCUT2D eigenvalue weighted by atomic mass is 35.5. The van der Waals surface area contributed by atoms with Crippen molar-refractivity contribution in [3.05, 3.63) is 34.9 Å². The highest BCUT2D eigenvalue weighted by Gasteiger charge is 2.30. The second-order valence-corrected chi connectivity index (χ2v) is 4.26. The number of anilines is 4.